The topological polar surface area (TPSA) is 72.9 Å². The Morgan fingerprint density at radius 2 is 1.65 bits per heavy atom. The molecule has 0 spiro atoms. The van der Waals surface area contributed by atoms with Gasteiger partial charge in [-0.25, -0.2) is 0 Å². The van der Waals surface area contributed by atoms with Crippen LogP contribution in [0, 0.1) is 5.92 Å². The largest absolute Gasteiger partial charge is 0.395 e. The van der Waals surface area contributed by atoms with E-state index in [1.54, 1.807) is 0 Å². The summed E-state index contributed by atoms with van der Waals surface area (Å²) >= 11 is 0. The molecule has 1 saturated heterocycles. The van der Waals surface area contributed by atoms with Crippen LogP contribution in [0.5, 0.6) is 0 Å². The van der Waals surface area contributed by atoms with Crippen molar-refractivity contribution in [1.29, 1.82) is 0 Å². The molecular weight excluding hydrogens is 330 g/mol. The van der Waals surface area contributed by atoms with E-state index in [1.807, 2.05) is 35.2 Å². The summed E-state index contributed by atoms with van der Waals surface area (Å²) in [6.45, 7) is 4.05. The van der Waals surface area contributed by atoms with Gasteiger partial charge in [-0.15, -0.1) is 0 Å². The molecule has 2 amide bonds. The van der Waals surface area contributed by atoms with Gasteiger partial charge in [-0.05, 0) is 37.8 Å². The van der Waals surface area contributed by atoms with E-state index in [4.69, 9.17) is 5.11 Å². The number of nitrogens with zero attached hydrogens (tertiary/aromatic N) is 2. The van der Waals surface area contributed by atoms with Gasteiger partial charge in [-0.1, -0.05) is 18.2 Å². The lowest BCUT2D eigenvalue weighted by atomic mass is 9.85. The molecule has 1 aromatic carbocycles. The molecule has 6 heteroatoms. The van der Waals surface area contributed by atoms with Crippen molar-refractivity contribution in [2.45, 2.75) is 31.7 Å². The standard InChI is InChI=1S/C20H29N3O3/c24-15-14-22-10-12-23(13-11-22)20(26)17-6-8-18(9-7-17)21-19(25)16-4-2-1-3-5-16/h1-5,17-18,24H,6-15H2,(H,21,25). The molecule has 1 aliphatic carbocycles. The average molecular weight is 359 g/mol. The second kappa shape index (κ2) is 9.14. The number of aliphatic hydroxyl groups excluding tert-OH is 1. The van der Waals surface area contributed by atoms with Gasteiger partial charge in [0.1, 0.15) is 0 Å². The van der Waals surface area contributed by atoms with E-state index in [-0.39, 0.29) is 30.4 Å². The lowest BCUT2D eigenvalue weighted by Crippen LogP contribution is -2.51. The first-order valence-corrected chi connectivity index (χ1v) is 9.65. The molecule has 142 valence electrons. The number of nitrogens with one attached hydrogen (secondary N) is 1. The van der Waals surface area contributed by atoms with E-state index in [0.717, 1.165) is 51.9 Å². The fourth-order valence-electron chi connectivity index (χ4n) is 3.93. The normalized spacial score (nSPS) is 24.3. The number of β-amino-alcohol motifs (C(OH)–C–C–N with tert-alkyl or cyclic N) is 1. The lowest BCUT2D eigenvalue weighted by Gasteiger charge is -2.37. The second-order valence-corrected chi connectivity index (χ2v) is 7.28. The van der Waals surface area contributed by atoms with Crippen LogP contribution in [0.1, 0.15) is 36.0 Å². The van der Waals surface area contributed by atoms with Gasteiger partial charge in [-0.2, -0.15) is 0 Å². The zero-order valence-electron chi connectivity index (χ0n) is 15.3. The minimum atomic E-state index is -0.0274. The van der Waals surface area contributed by atoms with Crippen molar-refractivity contribution in [3.8, 4) is 0 Å². The first kappa shape index (κ1) is 18.9. The summed E-state index contributed by atoms with van der Waals surface area (Å²) in [4.78, 5) is 29.2. The zero-order valence-corrected chi connectivity index (χ0v) is 15.3. The molecule has 0 aromatic heterocycles. The summed E-state index contributed by atoms with van der Waals surface area (Å²) in [6.07, 6.45) is 3.41. The van der Waals surface area contributed by atoms with Crippen molar-refractivity contribution in [3.63, 3.8) is 0 Å². The molecule has 1 aliphatic heterocycles. The van der Waals surface area contributed by atoms with Crippen LogP contribution in [0.3, 0.4) is 0 Å². The highest BCUT2D eigenvalue weighted by Gasteiger charge is 2.31. The van der Waals surface area contributed by atoms with E-state index in [9.17, 15) is 9.59 Å². The van der Waals surface area contributed by atoms with Crippen LogP contribution in [0.25, 0.3) is 0 Å². The third-order valence-corrected chi connectivity index (χ3v) is 5.55. The molecule has 6 nitrogen and oxygen atoms in total. The van der Waals surface area contributed by atoms with Gasteiger partial charge in [0, 0.05) is 50.2 Å². The van der Waals surface area contributed by atoms with Gasteiger partial charge >= 0.3 is 0 Å². The Hall–Kier alpha value is -1.92. The highest BCUT2D eigenvalue weighted by molar-refractivity contribution is 5.94. The average Bonchev–Trinajstić information content (AvgIpc) is 2.69. The first-order valence-electron chi connectivity index (χ1n) is 9.65. The second-order valence-electron chi connectivity index (χ2n) is 7.28. The Kier molecular flexibility index (Phi) is 6.63. The Balaban J connectivity index is 1.42. The predicted octanol–water partition coefficient (Wildman–Crippen LogP) is 1.11. The summed E-state index contributed by atoms with van der Waals surface area (Å²) in [5.41, 5.74) is 0.687. The minimum absolute atomic E-state index is 0.0274. The Morgan fingerprint density at radius 1 is 1.00 bits per heavy atom. The summed E-state index contributed by atoms with van der Waals surface area (Å²) < 4.78 is 0. The number of hydrogen-bond acceptors (Lipinski definition) is 4. The monoisotopic (exact) mass is 359 g/mol. The number of carbonyl (C=O) groups is 2. The third-order valence-electron chi connectivity index (χ3n) is 5.55. The Morgan fingerprint density at radius 3 is 2.27 bits per heavy atom. The summed E-state index contributed by atoms with van der Waals surface area (Å²) in [7, 11) is 0. The quantitative estimate of drug-likeness (QED) is 0.826. The number of amides is 2. The molecule has 0 unspecified atom stereocenters. The van der Waals surface area contributed by atoms with Crippen LogP contribution < -0.4 is 5.32 Å². The number of benzene rings is 1. The molecule has 2 fully saturated rings. The molecule has 1 heterocycles. The molecular formula is C20H29N3O3. The van der Waals surface area contributed by atoms with Crippen molar-refractivity contribution >= 4 is 11.8 Å². The van der Waals surface area contributed by atoms with Crippen LogP contribution >= 0.6 is 0 Å². The molecule has 26 heavy (non-hydrogen) atoms. The summed E-state index contributed by atoms with van der Waals surface area (Å²) in [5, 5.41) is 12.1. The molecule has 2 N–H and O–H groups in total. The van der Waals surface area contributed by atoms with Crippen molar-refractivity contribution in [2.24, 2.45) is 5.92 Å². The van der Waals surface area contributed by atoms with Gasteiger partial charge in [0.05, 0.1) is 6.61 Å². The van der Waals surface area contributed by atoms with Crippen LogP contribution in [-0.2, 0) is 4.79 Å². The highest BCUT2D eigenvalue weighted by Crippen LogP contribution is 2.26. The van der Waals surface area contributed by atoms with E-state index in [2.05, 4.69) is 10.2 Å². The Labute approximate surface area is 155 Å². The molecule has 1 aromatic rings. The fourth-order valence-corrected chi connectivity index (χ4v) is 3.93. The highest BCUT2D eigenvalue weighted by atomic mass is 16.3. The molecule has 3 rings (SSSR count). The van der Waals surface area contributed by atoms with Gasteiger partial charge < -0.3 is 15.3 Å². The number of carbonyl (C=O) groups excluding carboxylic acids is 2. The zero-order chi connectivity index (χ0) is 18.4. The molecule has 1 saturated carbocycles. The lowest BCUT2D eigenvalue weighted by molar-refractivity contribution is -0.138. The van der Waals surface area contributed by atoms with Crippen molar-refractivity contribution in [2.75, 3.05) is 39.3 Å². The maximum atomic E-state index is 12.7. The number of hydrogen-bond donors (Lipinski definition) is 2. The smallest absolute Gasteiger partial charge is 0.251 e. The van der Waals surface area contributed by atoms with E-state index in [0.29, 0.717) is 12.1 Å². The van der Waals surface area contributed by atoms with Crippen molar-refractivity contribution in [3.05, 3.63) is 35.9 Å². The molecule has 2 aliphatic rings. The van der Waals surface area contributed by atoms with Crippen LogP contribution in [-0.4, -0.2) is 72.1 Å². The van der Waals surface area contributed by atoms with Gasteiger partial charge in [0.25, 0.3) is 5.91 Å². The van der Waals surface area contributed by atoms with Crippen LogP contribution in [0.2, 0.25) is 0 Å². The SMILES string of the molecule is O=C(NC1CCC(C(=O)N2CCN(CCO)CC2)CC1)c1ccccc1. The third kappa shape index (κ3) is 4.83. The number of aliphatic hydroxyl groups is 1. The van der Waals surface area contributed by atoms with Crippen LogP contribution in [0.15, 0.2) is 30.3 Å². The predicted molar refractivity (Wildman–Crippen MR) is 99.8 cm³/mol. The van der Waals surface area contributed by atoms with Crippen molar-refractivity contribution < 1.29 is 14.7 Å². The number of rotatable bonds is 5. The fraction of sp³-hybridized carbons (Fsp3) is 0.600. The summed E-state index contributed by atoms with van der Waals surface area (Å²) in [5.74, 6) is 0.325. The Bertz CT molecular complexity index is 592. The first-order chi connectivity index (χ1) is 12.7. The maximum Gasteiger partial charge on any atom is 0.251 e. The molecule has 0 radical (unpaired) electrons. The molecule has 0 atom stereocenters. The van der Waals surface area contributed by atoms with Crippen LogP contribution in [0.4, 0.5) is 0 Å². The van der Waals surface area contributed by atoms with Gasteiger partial charge in [0.15, 0.2) is 0 Å². The van der Waals surface area contributed by atoms with Gasteiger partial charge in [-0.3, -0.25) is 14.5 Å². The minimum Gasteiger partial charge on any atom is -0.395 e. The summed E-state index contributed by atoms with van der Waals surface area (Å²) in [6, 6.07) is 9.43. The van der Waals surface area contributed by atoms with Crippen molar-refractivity contribution in [1.82, 2.24) is 15.1 Å². The molecule has 0 bridgehead atoms. The number of piperazine rings is 1. The maximum absolute atomic E-state index is 12.7. The van der Waals surface area contributed by atoms with E-state index in [1.165, 1.54) is 0 Å². The van der Waals surface area contributed by atoms with E-state index >= 15 is 0 Å². The van der Waals surface area contributed by atoms with Gasteiger partial charge in [0.2, 0.25) is 5.91 Å². The van der Waals surface area contributed by atoms with E-state index < -0.39 is 0 Å².